The maximum absolute atomic E-state index is 13.4. The van der Waals surface area contributed by atoms with E-state index in [9.17, 15) is 4.79 Å². The van der Waals surface area contributed by atoms with Gasteiger partial charge in [-0.25, -0.2) is 0 Å². The molecule has 0 aliphatic rings. The monoisotopic (exact) mass is 717 g/mol. The number of guanidine groups is 1. The lowest BCUT2D eigenvalue weighted by Crippen LogP contribution is -2.46. The molecule has 0 bridgehead atoms. The van der Waals surface area contributed by atoms with Crippen LogP contribution in [0.3, 0.4) is 0 Å². The van der Waals surface area contributed by atoms with Crippen LogP contribution in [-0.2, 0) is 4.79 Å². The van der Waals surface area contributed by atoms with Crippen molar-refractivity contribution in [1.29, 1.82) is 5.41 Å². The molecule has 0 radical (unpaired) electrons. The van der Waals surface area contributed by atoms with Crippen molar-refractivity contribution in [3.8, 4) is 0 Å². The Morgan fingerprint density at radius 2 is 0.863 bits per heavy atom. The number of allylic oxidation sites excluding steroid dienone is 4. The Labute approximate surface area is 318 Å². The molecule has 0 heterocycles. The summed E-state index contributed by atoms with van der Waals surface area (Å²) in [7, 11) is 0. The van der Waals surface area contributed by atoms with Gasteiger partial charge in [0.15, 0.2) is 5.96 Å². The van der Waals surface area contributed by atoms with Crippen LogP contribution in [0.5, 0.6) is 0 Å². The third-order valence-corrected chi connectivity index (χ3v) is 9.98. The van der Waals surface area contributed by atoms with Crippen LogP contribution in [0.1, 0.15) is 200 Å². The molecule has 0 spiro atoms. The number of carbonyl (C=O) groups excluding carboxylic acids is 1. The van der Waals surface area contributed by atoms with Crippen molar-refractivity contribution >= 4 is 11.9 Å². The lowest BCUT2D eigenvalue weighted by Gasteiger charge is -2.27. The van der Waals surface area contributed by atoms with Crippen LogP contribution in [0, 0.1) is 5.41 Å². The number of amides is 1. The second-order valence-electron chi connectivity index (χ2n) is 14.8. The van der Waals surface area contributed by atoms with Gasteiger partial charge in [-0.15, -0.1) is 0 Å². The summed E-state index contributed by atoms with van der Waals surface area (Å²) in [5.74, 6) is 0.524. The zero-order chi connectivity index (χ0) is 37.3. The maximum Gasteiger partial charge on any atom is 0.224 e. The van der Waals surface area contributed by atoms with Gasteiger partial charge in [0.2, 0.25) is 5.91 Å². The summed E-state index contributed by atoms with van der Waals surface area (Å²) in [6.07, 6.45) is 46.3. The Hall–Kier alpha value is -1.86. The molecule has 6 N–H and O–H groups in total. The largest absolute Gasteiger partial charge is 0.355 e. The highest BCUT2D eigenvalue weighted by atomic mass is 16.2. The van der Waals surface area contributed by atoms with E-state index in [1.807, 2.05) is 4.90 Å². The third-order valence-electron chi connectivity index (χ3n) is 9.98. The first-order valence-corrected chi connectivity index (χ1v) is 22.2. The van der Waals surface area contributed by atoms with E-state index in [4.69, 9.17) is 16.9 Å². The predicted octanol–water partition coefficient (Wildman–Crippen LogP) is 11.0. The van der Waals surface area contributed by atoms with E-state index in [2.05, 4.69) is 48.4 Å². The molecule has 1 amide bonds. The molecule has 0 saturated heterocycles. The van der Waals surface area contributed by atoms with Crippen LogP contribution in [0.2, 0.25) is 0 Å². The van der Waals surface area contributed by atoms with Crippen molar-refractivity contribution in [2.75, 3.05) is 45.8 Å². The summed E-state index contributed by atoms with van der Waals surface area (Å²) >= 11 is 0. The van der Waals surface area contributed by atoms with Gasteiger partial charge in [0.05, 0.1) is 0 Å². The lowest BCUT2D eigenvalue weighted by molar-refractivity contribution is -0.131. The van der Waals surface area contributed by atoms with Crippen molar-refractivity contribution in [2.45, 2.75) is 200 Å². The predicted molar refractivity (Wildman–Crippen MR) is 226 cm³/mol. The van der Waals surface area contributed by atoms with Crippen LogP contribution in [0.25, 0.3) is 0 Å². The number of nitrogens with two attached hydrogens (primary N) is 2. The fraction of sp³-hybridized carbons (Fsp3) is 0.864. The SMILES string of the molecule is CCCCCCCCC=CCCCCCCCCN(CCCCCCCCC=CCCCCCCCC)C(=O)CCN(CCN)C(=N)NCCN. The molecule has 7 nitrogen and oxygen atoms in total. The van der Waals surface area contributed by atoms with Gasteiger partial charge in [-0.3, -0.25) is 10.2 Å². The number of carbonyl (C=O) groups is 1. The minimum atomic E-state index is 0.212. The molecular formula is C44H88N6O. The number of nitrogens with one attached hydrogen (secondary N) is 2. The van der Waals surface area contributed by atoms with E-state index >= 15 is 0 Å². The molecule has 0 unspecified atom stereocenters. The fourth-order valence-corrected chi connectivity index (χ4v) is 6.64. The summed E-state index contributed by atoms with van der Waals surface area (Å²) < 4.78 is 0. The normalized spacial score (nSPS) is 11.6. The second-order valence-corrected chi connectivity index (χ2v) is 14.8. The first-order valence-electron chi connectivity index (χ1n) is 22.2. The van der Waals surface area contributed by atoms with Crippen molar-refractivity contribution in [2.24, 2.45) is 11.5 Å². The van der Waals surface area contributed by atoms with E-state index in [0.29, 0.717) is 45.1 Å². The molecule has 0 aliphatic carbocycles. The van der Waals surface area contributed by atoms with Crippen LogP contribution in [0.4, 0.5) is 0 Å². The van der Waals surface area contributed by atoms with Crippen molar-refractivity contribution in [1.82, 2.24) is 15.1 Å². The zero-order valence-corrected chi connectivity index (χ0v) is 34.2. The van der Waals surface area contributed by atoms with E-state index in [1.165, 1.54) is 167 Å². The van der Waals surface area contributed by atoms with Crippen LogP contribution in [-0.4, -0.2) is 67.5 Å². The van der Waals surface area contributed by atoms with Gasteiger partial charge in [-0.05, 0) is 64.2 Å². The van der Waals surface area contributed by atoms with Crippen molar-refractivity contribution in [3.05, 3.63) is 24.3 Å². The molecule has 0 fully saturated rings. The molecule has 0 aromatic carbocycles. The quantitative estimate of drug-likeness (QED) is 0.0219. The molecule has 0 aromatic heterocycles. The molecule has 0 aliphatic heterocycles. The Bertz CT molecular complexity index is 758. The number of unbranched alkanes of at least 4 members (excludes halogenated alkanes) is 24. The molecule has 300 valence electrons. The lowest BCUT2D eigenvalue weighted by atomic mass is 10.1. The van der Waals surface area contributed by atoms with Gasteiger partial charge < -0.3 is 26.6 Å². The first-order chi connectivity index (χ1) is 25.1. The molecule has 51 heavy (non-hydrogen) atoms. The number of hydrogen-bond acceptors (Lipinski definition) is 4. The van der Waals surface area contributed by atoms with E-state index in [-0.39, 0.29) is 5.91 Å². The standard InChI is InChI=1S/C44H88N6O/c1-3-5-7-9-11-13-15-17-19-21-23-25-27-29-31-33-39-49(43(51)35-41-50(42-37-46)44(47)48-38-36-45)40-34-32-30-28-26-24-22-20-18-16-14-12-10-8-6-4-2/h17-20H,3-16,21-42,45-46H2,1-2H3,(H2,47,48). The topological polar surface area (TPSA) is 111 Å². The smallest absolute Gasteiger partial charge is 0.224 e. The highest BCUT2D eigenvalue weighted by Crippen LogP contribution is 2.13. The second kappa shape index (κ2) is 40.9. The Morgan fingerprint density at radius 1 is 0.490 bits per heavy atom. The molecule has 0 saturated carbocycles. The highest BCUT2D eigenvalue weighted by molar-refractivity contribution is 5.79. The van der Waals surface area contributed by atoms with E-state index in [0.717, 1.165) is 25.9 Å². The maximum atomic E-state index is 13.4. The Kier molecular flexibility index (Phi) is 39.4. The minimum Gasteiger partial charge on any atom is -0.355 e. The number of rotatable bonds is 39. The molecular weight excluding hydrogens is 629 g/mol. The molecule has 0 atom stereocenters. The van der Waals surface area contributed by atoms with Crippen molar-refractivity contribution in [3.63, 3.8) is 0 Å². The van der Waals surface area contributed by atoms with E-state index in [1.54, 1.807) is 0 Å². The van der Waals surface area contributed by atoms with Gasteiger partial charge in [0.1, 0.15) is 0 Å². The number of hydrogen-bond donors (Lipinski definition) is 4. The summed E-state index contributed by atoms with van der Waals surface area (Å²) in [5.41, 5.74) is 11.4. The highest BCUT2D eigenvalue weighted by Gasteiger charge is 2.16. The van der Waals surface area contributed by atoms with Gasteiger partial charge in [0.25, 0.3) is 0 Å². The van der Waals surface area contributed by atoms with Gasteiger partial charge in [0, 0.05) is 52.2 Å². The van der Waals surface area contributed by atoms with Gasteiger partial charge in [-0.2, -0.15) is 0 Å². The zero-order valence-electron chi connectivity index (χ0n) is 34.2. The van der Waals surface area contributed by atoms with Gasteiger partial charge in [-0.1, -0.05) is 154 Å². The Morgan fingerprint density at radius 3 is 1.24 bits per heavy atom. The molecule has 0 aromatic rings. The van der Waals surface area contributed by atoms with Crippen molar-refractivity contribution < 1.29 is 4.79 Å². The summed E-state index contributed by atoms with van der Waals surface area (Å²) in [4.78, 5) is 17.4. The first kappa shape index (κ1) is 49.1. The van der Waals surface area contributed by atoms with E-state index < -0.39 is 0 Å². The molecule has 0 rings (SSSR count). The summed E-state index contributed by atoms with van der Waals surface area (Å²) in [6.45, 7) is 8.82. The number of nitrogens with zero attached hydrogens (tertiary/aromatic N) is 2. The fourth-order valence-electron chi connectivity index (χ4n) is 6.64. The van der Waals surface area contributed by atoms with Crippen LogP contribution >= 0.6 is 0 Å². The third kappa shape index (κ3) is 35.0. The average molecular weight is 717 g/mol. The van der Waals surface area contributed by atoms with Crippen LogP contribution < -0.4 is 16.8 Å². The Balaban J connectivity index is 4.36. The minimum absolute atomic E-state index is 0.212. The average Bonchev–Trinajstić information content (AvgIpc) is 3.14. The van der Waals surface area contributed by atoms with Crippen LogP contribution in [0.15, 0.2) is 24.3 Å². The summed E-state index contributed by atoms with van der Waals surface area (Å²) in [5, 5.41) is 11.4. The van der Waals surface area contributed by atoms with Gasteiger partial charge >= 0.3 is 0 Å². The molecule has 7 heteroatoms. The summed E-state index contributed by atoms with van der Waals surface area (Å²) in [6, 6.07) is 0.